The molecule has 3 aromatic rings. The van der Waals surface area contributed by atoms with Gasteiger partial charge >= 0.3 is 5.97 Å². The molecule has 1 heterocycles. The van der Waals surface area contributed by atoms with Crippen LogP contribution in [0.4, 0.5) is 0 Å². The lowest BCUT2D eigenvalue weighted by atomic mass is 10.1. The zero-order valence-electron chi connectivity index (χ0n) is 15.7. The smallest absolute Gasteiger partial charge is 0.341 e. The van der Waals surface area contributed by atoms with E-state index in [1.807, 2.05) is 30.3 Å². The maximum absolute atomic E-state index is 12.2. The maximum atomic E-state index is 12.2. The van der Waals surface area contributed by atoms with E-state index in [0.717, 1.165) is 5.56 Å². The Hall–Kier alpha value is -3.65. The number of nitrogens with one attached hydrogen (secondary N) is 1. The molecule has 7 nitrogen and oxygen atoms in total. The van der Waals surface area contributed by atoms with Crippen LogP contribution < -0.4 is 4.74 Å². The summed E-state index contributed by atoms with van der Waals surface area (Å²) in [6, 6.07) is 18.1. The van der Waals surface area contributed by atoms with Crippen LogP contribution in [0.25, 0.3) is 16.8 Å². The normalized spacial score (nSPS) is 10.9. The molecule has 148 valence electrons. The second-order valence-corrected chi connectivity index (χ2v) is 6.30. The highest BCUT2D eigenvalue weighted by atomic mass is 32.1. The molecular weight excluding hydrogens is 392 g/mol. The first-order valence-corrected chi connectivity index (χ1v) is 9.28. The van der Waals surface area contributed by atoms with E-state index in [-0.39, 0.29) is 27.5 Å². The average Bonchev–Trinajstić information content (AvgIpc) is 2.78. The first-order valence-electron chi connectivity index (χ1n) is 8.54. The van der Waals surface area contributed by atoms with Crippen LogP contribution in [-0.4, -0.2) is 34.4 Å². The van der Waals surface area contributed by atoms with Gasteiger partial charge in [0.1, 0.15) is 22.6 Å². The third-order valence-corrected chi connectivity index (χ3v) is 4.27. The Kier molecular flexibility index (Phi) is 6.59. The van der Waals surface area contributed by atoms with Crippen molar-refractivity contribution in [3.8, 4) is 22.9 Å². The molecule has 0 aliphatic rings. The van der Waals surface area contributed by atoms with E-state index in [1.165, 1.54) is 20.5 Å². The molecule has 0 saturated heterocycles. The van der Waals surface area contributed by atoms with E-state index < -0.39 is 5.97 Å². The lowest BCUT2D eigenvalue weighted by Gasteiger charge is -2.12. The van der Waals surface area contributed by atoms with Gasteiger partial charge in [-0.05, 0) is 11.6 Å². The largest absolute Gasteiger partial charge is 0.503 e. The molecule has 1 N–H and O–H groups in total. The SMILES string of the molecule is CO/C=C(/C(=O)OC)c1ccccc1Oc1cc(-c2ccccc2)[nH]c(=S=O)n1. The van der Waals surface area contributed by atoms with E-state index in [2.05, 4.69) is 9.97 Å². The number of para-hydroxylation sites is 1. The molecule has 0 spiro atoms. The van der Waals surface area contributed by atoms with Gasteiger partial charge in [-0.1, -0.05) is 48.5 Å². The summed E-state index contributed by atoms with van der Waals surface area (Å²) in [6.45, 7) is 0. The Bertz CT molecular complexity index is 1140. The number of methoxy groups -OCH3 is 2. The molecule has 0 unspecified atom stereocenters. The van der Waals surface area contributed by atoms with Crippen LogP contribution in [-0.2, 0) is 25.5 Å². The molecule has 8 heteroatoms. The van der Waals surface area contributed by atoms with Gasteiger partial charge < -0.3 is 19.2 Å². The molecule has 2 aromatic carbocycles. The lowest BCUT2D eigenvalue weighted by molar-refractivity contribution is -0.133. The number of aromatic amines is 1. The molecule has 3 rings (SSSR count). The van der Waals surface area contributed by atoms with Crippen LogP contribution in [0, 0.1) is 4.77 Å². The summed E-state index contributed by atoms with van der Waals surface area (Å²) in [7, 11) is 2.72. The number of esters is 1. The molecule has 0 radical (unpaired) electrons. The highest BCUT2D eigenvalue weighted by molar-refractivity contribution is 7.56. The second-order valence-electron chi connectivity index (χ2n) is 5.74. The molecule has 0 aliphatic heterocycles. The number of hydrogen-bond acceptors (Lipinski definition) is 6. The quantitative estimate of drug-likeness (QED) is 0.288. The number of H-pyrrole nitrogens is 1. The molecule has 0 saturated carbocycles. The van der Waals surface area contributed by atoms with Gasteiger partial charge in [-0.25, -0.2) is 9.00 Å². The molecule has 29 heavy (non-hydrogen) atoms. The summed E-state index contributed by atoms with van der Waals surface area (Å²) in [5.41, 5.74) is 2.20. The van der Waals surface area contributed by atoms with Gasteiger partial charge in [-0.15, -0.1) is 0 Å². The van der Waals surface area contributed by atoms with Crippen LogP contribution in [0.1, 0.15) is 5.56 Å². The summed E-state index contributed by atoms with van der Waals surface area (Å²) in [5, 5.41) is 0. The Balaban J connectivity index is 2.07. The highest BCUT2D eigenvalue weighted by Gasteiger charge is 2.18. The number of ether oxygens (including phenoxy) is 3. The van der Waals surface area contributed by atoms with Gasteiger partial charge in [-0.3, -0.25) is 0 Å². The van der Waals surface area contributed by atoms with Gasteiger partial charge in [-0.2, -0.15) is 4.98 Å². The van der Waals surface area contributed by atoms with E-state index in [9.17, 15) is 9.00 Å². The fourth-order valence-corrected chi connectivity index (χ4v) is 2.92. The zero-order valence-corrected chi connectivity index (χ0v) is 16.6. The second kappa shape index (κ2) is 9.52. The predicted octanol–water partition coefficient (Wildman–Crippen LogP) is 3.77. The Morgan fingerprint density at radius 2 is 1.79 bits per heavy atom. The number of benzene rings is 2. The summed E-state index contributed by atoms with van der Waals surface area (Å²) in [6.07, 6.45) is 1.29. The van der Waals surface area contributed by atoms with E-state index in [0.29, 0.717) is 17.0 Å². The molecule has 0 bridgehead atoms. The monoisotopic (exact) mass is 410 g/mol. The Morgan fingerprint density at radius 1 is 1.07 bits per heavy atom. The number of carbonyl (C=O) groups is 1. The predicted molar refractivity (Wildman–Crippen MR) is 109 cm³/mol. The first-order chi connectivity index (χ1) is 14.2. The third-order valence-electron chi connectivity index (χ3n) is 3.92. The van der Waals surface area contributed by atoms with Crippen molar-refractivity contribution in [2.75, 3.05) is 14.2 Å². The van der Waals surface area contributed by atoms with Crippen molar-refractivity contribution in [2.24, 2.45) is 0 Å². The molecule has 0 atom stereocenters. The van der Waals surface area contributed by atoms with Crippen molar-refractivity contribution in [1.29, 1.82) is 0 Å². The van der Waals surface area contributed by atoms with Crippen molar-refractivity contribution < 1.29 is 23.2 Å². The molecule has 0 amide bonds. The Morgan fingerprint density at radius 3 is 2.48 bits per heavy atom. The van der Waals surface area contributed by atoms with Crippen LogP contribution >= 0.6 is 0 Å². The van der Waals surface area contributed by atoms with Gasteiger partial charge in [0.15, 0.2) is 0 Å². The van der Waals surface area contributed by atoms with Crippen molar-refractivity contribution in [3.05, 3.63) is 77.3 Å². The molecule has 1 aromatic heterocycles. The maximum Gasteiger partial charge on any atom is 0.341 e. The fourth-order valence-electron chi connectivity index (χ4n) is 2.64. The summed E-state index contributed by atoms with van der Waals surface area (Å²) in [5.74, 6) is -0.00571. The van der Waals surface area contributed by atoms with Crippen molar-refractivity contribution in [2.45, 2.75) is 0 Å². The van der Waals surface area contributed by atoms with Crippen LogP contribution in [0.5, 0.6) is 11.6 Å². The average molecular weight is 410 g/mol. The first kappa shape index (κ1) is 20.1. The van der Waals surface area contributed by atoms with Crippen molar-refractivity contribution in [3.63, 3.8) is 0 Å². The highest BCUT2D eigenvalue weighted by Crippen LogP contribution is 2.31. The minimum absolute atomic E-state index is 0.152. The number of nitrogens with zero attached hydrogens (tertiary/aromatic N) is 1. The van der Waals surface area contributed by atoms with Gasteiger partial charge in [0.05, 0.1) is 26.2 Å². The van der Waals surface area contributed by atoms with Crippen molar-refractivity contribution in [1.82, 2.24) is 9.97 Å². The lowest BCUT2D eigenvalue weighted by Crippen LogP contribution is -2.06. The number of hydrogen-bond donors (Lipinski definition) is 1. The van der Waals surface area contributed by atoms with Crippen molar-refractivity contribution >= 4 is 22.8 Å². The van der Waals surface area contributed by atoms with Gasteiger partial charge in [0.25, 0.3) is 0 Å². The molecule has 0 aliphatic carbocycles. The van der Waals surface area contributed by atoms with Crippen LogP contribution in [0.15, 0.2) is 66.9 Å². The Labute approximate surface area is 170 Å². The van der Waals surface area contributed by atoms with Crippen LogP contribution in [0.3, 0.4) is 0 Å². The van der Waals surface area contributed by atoms with E-state index in [4.69, 9.17) is 14.2 Å². The summed E-state index contributed by atoms with van der Waals surface area (Å²) >= 11 is 0.227. The minimum atomic E-state index is -0.571. The standard InChI is InChI=1S/C21H18N2O5S/c1-26-13-16(20(24)27-2)15-10-6-7-11-18(15)28-19-12-17(22-21(23-19)29-25)14-8-4-3-5-9-14/h3-13,22H,1-2H3/b16-13+. The fraction of sp³-hybridized carbons (Fsp3) is 0.0952. The van der Waals surface area contributed by atoms with E-state index >= 15 is 0 Å². The van der Waals surface area contributed by atoms with E-state index in [1.54, 1.807) is 30.3 Å². The number of carbonyl (C=O) groups excluding carboxylic acids is 1. The topological polar surface area (TPSA) is 90.5 Å². The summed E-state index contributed by atoms with van der Waals surface area (Å²) < 4.78 is 27.3. The van der Waals surface area contributed by atoms with Gasteiger partial charge in [0.2, 0.25) is 10.7 Å². The van der Waals surface area contributed by atoms with Gasteiger partial charge in [0, 0.05) is 11.6 Å². The van der Waals surface area contributed by atoms with Crippen LogP contribution in [0.2, 0.25) is 0 Å². The zero-order chi connectivity index (χ0) is 20.6. The minimum Gasteiger partial charge on any atom is -0.503 e. The number of aromatic nitrogens is 2. The molecular formula is C21H18N2O5S. The number of rotatable bonds is 6. The molecule has 0 fully saturated rings. The third kappa shape index (κ3) is 4.80. The summed E-state index contributed by atoms with van der Waals surface area (Å²) in [4.78, 5) is 19.3.